The molecule has 2 aliphatic heterocycles. The maximum atomic E-state index is 13.2. The number of halogens is 3. The summed E-state index contributed by atoms with van der Waals surface area (Å²) in [6.45, 7) is -0.123. The summed E-state index contributed by atoms with van der Waals surface area (Å²) in [5.41, 5.74) is -2.30. The molecule has 0 spiro atoms. The fraction of sp³-hybridized carbons (Fsp3) is 0.909. The minimum absolute atomic E-state index is 0.197. The van der Waals surface area contributed by atoms with E-state index < -0.39 is 23.5 Å². The highest BCUT2D eigenvalue weighted by Crippen LogP contribution is 2.45. The number of hydrogen-bond donors (Lipinski definition) is 2. The van der Waals surface area contributed by atoms with Crippen LogP contribution in [0.3, 0.4) is 0 Å². The average molecular weight is 266 g/mol. The summed E-state index contributed by atoms with van der Waals surface area (Å²) in [7, 11) is 0. The molecule has 0 aromatic rings. The summed E-state index contributed by atoms with van der Waals surface area (Å²) in [4.78, 5) is 13.4. The zero-order valence-corrected chi connectivity index (χ0v) is 9.96. The molecule has 2 heterocycles. The number of hydrogen-bond acceptors (Lipinski definition) is 3. The Morgan fingerprint density at radius 1 is 1.50 bits per heavy atom. The van der Waals surface area contributed by atoms with Crippen LogP contribution in [0, 0.1) is 5.41 Å². The monoisotopic (exact) mass is 266 g/mol. The average Bonchev–Trinajstić information content (AvgIpc) is 2.96. The van der Waals surface area contributed by atoms with E-state index in [1.54, 1.807) is 0 Å². The molecule has 18 heavy (non-hydrogen) atoms. The zero-order valence-electron chi connectivity index (χ0n) is 9.96. The minimum atomic E-state index is -4.55. The van der Waals surface area contributed by atoms with E-state index in [1.165, 1.54) is 4.90 Å². The van der Waals surface area contributed by atoms with Gasteiger partial charge < -0.3 is 15.3 Å². The molecule has 1 amide bonds. The van der Waals surface area contributed by atoms with E-state index in [2.05, 4.69) is 5.32 Å². The van der Waals surface area contributed by atoms with Crippen molar-refractivity contribution in [2.24, 2.45) is 5.41 Å². The molecule has 1 unspecified atom stereocenters. The van der Waals surface area contributed by atoms with Crippen LogP contribution in [0.15, 0.2) is 0 Å². The number of amides is 1. The van der Waals surface area contributed by atoms with Gasteiger partial charge in [0.15, 0.2) is 5.41 Å². The third kappa shape index (κ3) is 1.99. The molecule has 0 bridgehead atoms. The van der Waals surface area contributed by atoms with Gasteiger partial charge in [0, 0.05) is 13.1 Å². The summed E-state index contributed by atoms with van der Waals surface area (Å²) < 4.78 is 39.6. The normalized spacial score (nSPS) is 33.1. The van der Waals surface area contributed by atoms with E-state index in [0.29, 0.717) is 19.4 Å². The number of likely N-dealkylation sites (tertiary alicyclic amines) is 1. The Bertz CT molecular complexity index is 327. The maximum Gasteiger partial charge on any atom is 0.404 e. The van der Waals surface area contributed by atoms with Crippen LogP contribution in [0.5, 0.6) is 0 Å². The quantitative estimate of drug-likeness (QED) is 0.766. The van der Waals surface area contributed by atoms with Crippen molar-refractivity contribution >= 4 is 5.91 Å². The van der Waals surface area contributed by atoms with Gasteiger partial charge in [-0.1, -0.05) is 0 Å². The van der Waals surface area contributed by atoms with Crippen LogP contribution in [0.1, 0.15) is 19.3 Å². The lowest BCUT2D eigenvalue weighted by molar-refractivity contribution is -0.222. The zero-order chi connectivity index (χ0) is 13.4. The molecule has 0 aromatic carbocycles. The molecule has 7 heteroatoms. The SMILES string of the molecule is O=C(N1CCC[C@@H]1CO)C1(C(F)(F)F)CCNC1. The van der Waals surface area contributed by atoms with Gasteiger partial charge in [0.05, 0.1) is 12.6 Å². The van der Waals surface area contributed by atoms with E-state index in [1.807, 2.05) is 0 Å². The largest absolute Gasteiger partial charge is 0.404 e. The van der Waals surface area contributed by atoms with Crippen LogP contribution in [0.2, 0.25) is 0 Å². The van der Waals surface area contributed by atoms with Crippen molar-refractivity contribution in [3.8, 4) is 0 Å². The second-order valence-electron chi connectivity index (χ2n) is 4.98. The number of carbonyl (C=O) groups excluding carboxylic acids is 1. The third-order valence-electron chi connectivity index (χ3n) is 3.96. The van der Waals surface area contributed by atoms with E-state index in [9.17, 15) is 18.0 Å². The lowest BCUT2D eigenvalue weighted by Crippen LogP contribution is -2.55. The van der Waals surface area contributed by atoms with Crippen LogP contribution >= 0.6 is 0 Å². The summed E-state index contributed by atoms with van der Waals surface area (Å²) in [6, 6.07) is -0.461. The Morgan fingerprint density at radius 3 is 2.72 bits per heavy atom. The van der Waals surface area contributed by atoms with Gasteiger partial charge in [0.1, 0.15) is 0 Å². The highest BCUT2D eigenvalue weighted by atomic mass is 19.4. The number of alkyl halides is 3. The molecule has 2 rings (SSSR count). The molecule has 0 aromatic heterocycles. The molecule has 0 saturated carbocycles. The predicted molar refractivity (Wildman–Crippen MR) is 57.8 cm³/mol. The second-order valence-corrected chi connectivity index (χ2v) is 4.98. The molecule has 2 aliphatic rings. The molecule has 4 nitrogen and oxygen atoms in total. The molecule has 0 aliphatic carbocycles. The van der Waals surface area contributed by atoms with Gasteiger partial charge in [-0.05, 0) is 25.8 Å². The van der Waals surface area contributed by atoms with Crippen molar-refractivity contribution < 1.29 is 23.1 Å². The molecule has 2 fully saturated rings. The first-order valence-corrected chi connectivity index (χ1v) is 6.12. The molecule has 2 saturated heterocycles. The molecule has 2 N–H and O–H groups in total. The van der Waals surface area contributed by atoms with Crippen molar-refractivity contribution in [3.63, 3.8) is 0 Å². The molecule has 2 atom stereocenters. The van der Waals surface area contributed by atoms with Gasteiger partial charge in [0.25, 0.3) is 0 Å². The number of rotatable bonds is 2. The van der Waals surface area contributed by atoms with Crippen molar-refractivity contribution in [2.75, 3.05) is 26.2 Å². The van der Waals surface area contributed by atoms with Gasteiger partial charge >= 0.3 is 6.18 Å². The van der Waals surface area contributed by atoms with Crippen molar-refractivity contribution in [1.82, 2.24) is 10.2 Å². The molecular formula is C11H17F3N2O2. The van der Waals surface area contributed by atoms with Gasteiger partial charge in [-0.15, -0.1) is 0 Å². The van der Waals surface area contributed by atoms with Crippen LogP contribution in [0.25, 0.3) is 0 Å². The highest BCUT2D eigenvalue weighted by molar-refractivity contribution is 5.85. The first-order chi connectivity index (χ1) is 8.42. The Hall–Kier alpha value is -0.820. The molecule has 104 valence electrons. The highest BCUT2D eigenvalue weighted by Gasteiger charge is 2.63. The smallest absolute Gasteiger partial charge is 0.394 e. The molecule has 0 radical (unpaired) electrons. The number of nitrogens with one attached hydrogen (secondary N) is 1. The third-order valence-corrected chi connectivity index (χ3v) is 3.96. The van der Waals surface area contributed by atoms with Gasteiger partial charge in [-0.2, -0.15) is 13.2 Å². The number of carbonyl (C=O) groups is 1. The van der Waals surface area contributed by atoms with Crippen molar-refractivity contribution in [3.05, 3.63) is 0 Å². The van der Waals surface area contributed by atoms with Crippen LogP contribution in [-0.2, 0) is 4.79 Å². The van der Waals surface area contributed by atoms with Crippen LogP contribution in [-0.4, -0.2) is 54.4 Å². The molecular weight excluding hydrogens is 249 g/mol. The Balaban J connectivity index is 2.24. The van der Waals surface area contributed by atoms with Crippen LogP contribution in [0.4, 0.5) is 13.2 Å². The summed E-state index contributed by atoms with van der Waals surface area (Å²) >= 11 is 0. The summed E-state index contributed by atoms with van der Waals surface area (Å²) in [6.07, 6.45) is -3.54. The predicted octanol–water partition coefficient (Wildman–Crippen LogP) is 0.512. The van der Waals surface area contributed by atoms with Crippen LogP contribution < -0.4 is 5.32 Å². The van der Waals surface area contributed by atoms with E-state index in [0.717, 1.165) is 0 Å². The topological polar surface area (TPSA) is 52.6 Å². The minimum Gasteiger partial charge on any atom is -0.394 e. The first-order valence-electron chi connectivity index (χ1n) is 6.12. The van der Waals surface area contributed by atoms with E-state index >= 15 is 0 Å². The second kappa shape index (κ2) is 4.70. The number of aliphatic hydroxyl groups excluding tert-OH is 1. The van der Waals surface area contributed by atoms with Gasteiger partial charge in [-0.25, -0.2) is 0 Å². The van der Waals surface area contributed by atoms with Gasteiger partial charge in [0.2, 0.25) is 5.91 Å². The Labute approximate surface area is 103 Å². The Morgan fingerprint density at radius 2 is 2.22 bits per heavy atom. The van der Waals surface area contributed by atoms with E-state index in [-0.39, 0.29) is 26.1 Å². The van der Waals surface area contributed by atoms with Crippen molar-refractivity contribution in [2.45, 2.75) is 31.5 Å². The number of aliphatic hydroxyl groups is 1. The van der Waals surface area contributed by atoms with E-state index in [4.69, 9.17) is 5.11 Å². The Kier molecular flexibility index (Phi) is 3.55. The van der Waals surface area contributed by atoms with Crippen molar-refractivity contribution in [1.29, 1.82) is 0 Å². The summed E-state index contributed by atoms with van der Waals surface area (Å²) in [5, 5.41) is 11.8. The summed E-state index contributed by atoms with van der Waals surface area (Å²) in [5.74, 6) is -0.878. The number of nitrogens with zero attached hydrogens (tertiary/aromatic N) is 1. The maximum absolute atomic E-state index is 13.2. The van der Waals surface area contributed by atoms with Gasteiger partial charge in [-0.3, -0.25) is 4.79 Å². The lowest BCUT2D eigenvalue weighted by Gasteiger charge is -2.35. The fourth-order valence-electron chi connectivity index (χ4n) is 2.81. The first kappa shape index (κ1) is 13.6. The lowest BCUT2D eigenvalue weighted by atomic mass is 9.84. The fourth-order valence-corrected chi connectivity index (χ4v) is 2.81. The standard InChI is InChI=1S/C11H17F3N2O2/c12-11(13,14)10(3-4-15-7-10)9(18)16-5-1-2-8(16)6-17/h8,15,17H,1-7H2/t8-,10?/m1/s1.